The van der Waals surface area contributed by atoms with Crippen LogP contribution < -0.4 is 16.4 Å². The normalized spacial score (nSPS) is 20.4. The average molecular weight is 493 g/mol. The van der Waals surface area contributed by atoms with Gasteiger partial charge in [-0.25, -0.2) is 13.4 Å². The Morgan fingerprint density at radius 2 is 1.68 bits per heavy atom. The van der Waals surface area contributed by atoms with E-state index in [1.54, 1.807) is 12.1 Å². The van der Waals surface area contributed by atoms with Crippen LogP contribution in [-0.4, -0.2) is 32.3 Å². The van der Waals surface area contributed by atoms with Crippen LogP contribution >= 0.6 is 31.9 Å². The monoisotopic (exact) mass is 491 g/mol. The molecule has 136 valence electrons. The molecule has 0 aromatic heterocycles. The third-order valence-electron chi connectivity index (χ3n) is 4.49. The van der Waals surface area contributed by atoms with Crippen LogP contribution in [0.5, 0.6) is 0 Å². The molecule has 1 aliphatic heterocycles. The van der Waals surface area contributed by atoms with Gasteiger partial charge < -0.3 is 11.5 Å². The molecule has 0 bridgehead atoms. The van der Waals surface area contributed by atoms with Crippen molar-refractivity contribution in [2.24, 2.45) is 21.5 Å². The van der Waals surface area contributed by atoms with E-state index in [1.807, 2.05) is 4.90 Å². The summed E-state index contributed by atoms with van der Waals surface area (Å²) in [7, 11) is -3.34. The Hall–Kier alpha value is -1.13. The predicted octanol–water partition coefficient (Wildman–Crippen LogP) is 2.72. The molecule has 2 aliphatic rings. The molecular weight excluding hydrogens is 474 g/mol. The zero-order chi connectivity index (χ0) is 18.4. The van der Waals surface area contributed by atoms with Gasteiger partial charge in [0.25, 0.3) is 0 Å². The van der Waals surface area contributed by atoms with Crippen LogP contribution in [0, 0.1) is 0 Å². The van der Waals surface area contributed by atoms with Crippen molar-refractivity contribution in [3.05, 3.63) is 21.1 Å². The lowest BCUT2D eigenvalue weighted by Gasteiger charge is -2.46. The summed E-state index contributed by atoms with van der Waals surface area (Å²) in [6.07, 6.45) is 5.93. The van der Waals surface area contributed by atoms with Crippen molar-refractivity contribution in [1.82, 2.24) is 0 Å². The molecule has 1 heterocycles. The second kappa shape index (κ2) is 6.55. The maximum Gasteiger partial charge on any atom is 0.220 e. The number of aliphatic imine (C=N–C) groups is 2. The Morgan fingerprint density at radius 3 is 2.20 bits per heavy atom. The Labute approximate surface area is 163 Å². The van der Waals surface area contributed by atoms with Gasteiger partial charge in [0.15, 0.2) is 9.84 Å². The molecule has 3 rings (SSSR count). The second-order valence-corrected chi connectivity index (χ2v) is 10.1. The number of nitrogens with two attached hydrogens (primary N) is 2. The van der Waals surface area contributed by atoms with Crippen molar-refractivity contribution in [3.8, 4) is 0 Å². The molecule has 4 N–H and O–H groups in total. The number of hydrogen-bond acceptors (Lipinski definition) is 7. The number of rotatable bonds is 2. The predicted molar refractivity (Wildman–Crippen MR) is 106 cm³/mol. The molecule has 25 heavy (non-hydrogen) atoms. The molecule has 1 aromatic carbocycles. The Kier molecular flexibility index (Phi) is 4.89. The average Bonchev–Trinajstić information content (AvgIpc) is 2.49. The number of benzene rings is 1. The van der Waals surface area contributed by atoms with E-state index in [2.05, 4.69) is 41.8 Å². The van der Waals surface area contributed by atoms with Crippen molar-refractivity contribution < 1.29 is 8.42 Å². The first kappa shape index (κ1) is 18.7. The topological polar surface area (TPSA) is 114 Å². The first-order chi connectivity index (χ1) is 11.6. The minimum Gasteiger partial charge on any atom is -0.369 e. The van der Waals surface area contributed by atoms with Crippen molar-refractivity contribution in [3.63, 3.8) is 0 Å². The molecule has 1 aliphatic carbocycles. The van der Waals surface area contributed by atoms with Gasteiger partial charge in [0.2, 0.25) is 11.9 Å². The molecule has 0 atom stereocenters. The Morgan fingerprint density at radius 1 is 1.12 bits per heavy atom. The highest BCUT2D eigenvalue weighted by molar-refractivity contribution is 9.11. The first-order valence-electron chi connectivity index (χ1n) is 7.83. The third kappa shape index (κ3) is 3.43. The summed E-state index contributed by atoms with van der Waals surface area (Å²) in [5.41, 5.74) is 12.2. The van der Waals surface area contributed by atoms with E-state index in [9.17, 15) is 8.42 Å². The van der Waals surface area contributed by atoms with Crippen LogP contribution in [0.3, 0.4) is 0 Å². The lowest BCUT2D eigenvalue weighted by atomic mass is 9.87. The lowest BCUT2D eigenvalue weighted by molar-refractivity contribution is 0.305. The standard InChI is InChI=1S/C15H19Br2N5O2S/c1-25(23,24)9-7-10(16)12(11(17)8-9)22-14(19)20-13(18)21-15(22)5-3-2-4-6-15/h7-8H,2-6H2,1H3,(H4,18,19,20,21). The summed E-state index contributed by atoms with van der Waals surface area (Å²) < 4.78 is 25.0. The van der Waals surface area contributed by atoms with Crippen molar-refractivity contribution in [1.29, 1.82) is 0 Å². The number of hydrogen-bond donors (Lipinski definition) is 2. The van der Waals surface area contributed by atoms with Crippen LogP contribution in [0.15, 0.2) is 36.0 Å². The van der Waals surface area contributed by atoms with E-state index in [0.29, 0.717) is 14.6 Å². The van der Waals surface area contributed by atoms with Gasteiger partial charge in [-0.05, 0) is 69.7 Å². The van der Waals surface area contributed by atoms with E-state index in [-0.39, 0.29) is 16.8 Å². The maximum atomic E-state index is 11.9. The molecule has 1 spiro atoms. The highest BCUT2D eigenvalue weighted by Gasteiger charge is 2.44. The van der Waals surface area contributed by atoms with Crippen LogP contribution in [0.2, 0.25) is 0 Å². The fourth-order valence-electron chi connectivity index (χ4n) is 3.41. The van der Waals surface area contributed by atoms with Crippen molar-refractivity contribution >= 4 is 59.3 Å². The number of sulfone groups is 1. The van der Waals surface area contributed by atoms with E-state index < -0.39 is 15.5 Å². The molecule has 1 fully saturated rings. The number of nitrogens with zero attached hydrogens (tertiary/aromatic N) is 3. The van der Waals surface area contributed by atoms with Crippen LogP contribution in [-0.2, 0) is 9.84 Å². The van der Waals surface area contributed by atoms with Gasteiger partial charge in [0.05, 0.1) is 10.6 Å². The van der Waals surface area contributed by atoms with E-state index >= 15 is 0 Å². The number of anilines is 1. The molecule has 0 radical (unpaired) electrons. The summed E-state index contributed by atoms with van der Waals surface area (Å²) in [6, 6.07) is 3.14. The summed E-state index contributed by atoms with van der Waals surface area (Å²) >= 11 is 6.98. The van der Waals surface area contributed by atoms with Gasteiger partial charge in [-0.1, -0.05) is 6.42 Å². The fourth-order valence-corrected chi connectivity index (χ4v) is 5.92. The first-order valence-corrected chi connectivity index (χ1v) is 11.3. The van der Waals surface area contributed by atoms with Crippen LogP contribution in [0.1, 0.15) is 32.1 Å². The quantitative estimate of drug-likeness (QED) is 0.658. The zero-order valence-corrected chi connectivity index (χ0v) is 17.7. The highest BCUT2D eigenvalue weighted by Crippen LogP contribution is 2.45. The number of halogens is 2. The summed E-state index contributed by atoms with van der Waals surface area (Å²) in [6.45, 7) is 0. The molecule has 1 saturated carbocycles. The van der Waals surface area contributed by atoms with Crippen molar-refractivity contribution in [2.45, 2.75) is 42.7 Å². The maximum absolute atomic E-state index is 11.9. The largest absolute Gasteiger partial charge is 0.369 e. The SMILES string of the molecule is CS(=O)(=O)c1cc(Br)c(N2C(N)=NC(N)=NC23CCCCC3)c(Br)c1. The lowest BCUT2D eigenvalue weighted by Crippen LogP contribution is -2.58. The minimum absolute atomic E-state index is 0.177. The highest BCUT2D eigenvalue weighted by atomic mass is 79.9. The Bertz CT molecular complexity index is 853. The minimum atomic E-state index is -3.34. The molecule has 7 nitrogen and oxygen atoms in total. The summed E-state index contributed by atoms with van der Waals surface area (Å²) in [5, 5.41) is 0. The van der Waals surface area contributed by atoms with Gasteiger partial charge in [0, 0.05) is 15.2 Å². The smallest absolute Gasteiger partial charge is 0.220 e. The van der Waals surface area contributed by atoms with E-state index in [1.165, 1.54) is 6.26 Å². The van der Waals surface area contributed by atoms with Gasteiger partial charge in [-0.15, -0.1) is 0 Å². The van der Waals surface area contributed by atoms with E-state index in [0.717, 1.165) is 32.1 Å². The molecule has 1 aromatic rings. The molecule has 0 amide bonds. The fraction of sp³-hybridized carbons (Fsp3) is 0.467. The van der Waals surface area contributed by atoms with Crippen LogP contribution in [0.4, 0.5) is 5.69 Å². The van der Waals surface area contributed by atoms with Gasteiger partial charge >= 0.3 is 0 Å². The third-order valence-corrected chi connectivity index (χ3v) is 6.79. The summed E-state index contributed by atoms with van der Waals surface area (Å²) in [5.74, 6) is 0.429. The van der Waals surface area contributed by atoms with Gasteiger partial charge in [-0.3, -0.25) is 4.90 Å². The van der Waals surface area contributed by atoms with Gasteiger partial charge in [0.1, 0.15) is 5.66 Å². The Balaban J connectivity index is 2.18. The van der Waals surface area contributed by atoms with Crippen molar-refractivity contribution in [2.75, 3.05) is 11.2 Å². The number of guanidine groups is 2. The second-order valence-electron chi connectivity index (χ2n) is 6.33. The molecular formula is C15H19Br2N5O2S. The van der Waals surface area contributed by atoms with Crippen LogP contribution in [0.25, 0.3) is 0 Å². The summed E-state index contributed by atoms with van der Waals surface area (Å²) in [4.78, 5) is 10.8. The van der Waals surface area contributed by atoms with Gasteiger partial charge in [-0.2, -0.15) is 4.99 Å². The molecule has 10 heteroatoms. The molecule has 0 saturated heterocycles. The zero-order valence-electron chi connectivity index (χ0n) is 13.7. The molecule has 0 unspecified atom stereocenters. The van der Waals surface area contributed by atoms with E-state index in [4.69, 9.17) is 11.5 Å².